The fourth-order valence-corrected chi connectivity index (χ4v) is 2.88. The van der Waals surface area contributed by atoms with E-state index in [1.165, 1.54) is 37.1 Å². The normalized spacial score (nSPS) is 11.0. The fraction of sp³-hybridized carbons (Fsp3) is 0.125. The topological polar surface area (TPSA) is 76.7 Å². The van der Waals surface area contributed by atoms with Crippen molar-refractivity contribution in [3.05, 3.63) is 46.1 Å². The molecule has 1 N–H and O–H groups in total. The van der Waals surface area contributed by atoms with Crippen LogP contribution in [0.3, 0.4) is 0 Å². The number of carboxylic acid groups (broad SMARTS) is 1. The van der Waals surface area contributed by atoms with Crippen LogP contribution < -0.4 is 10.2 Å². The summed E-state index contributed by atoms with van der Waals surface area (Å²) in [5.74, 6) is -0.533. The van der Waals surface area contributed by atoms with Gasteiger partial charge in [-0.05, 0) is 36.6 Å². The zero-order chi connectivity index (χ0) is 15.9. The van der Waals surface area contributed by atoms with Crippen LogP contribution in [0.25, 0.3) is 21.9 Å². The van der Waals surface area contributed by atoms with E-state index in [9.17, 15) is 9.59 Å². The Bertz CT molecular complexity index is 958. The van der Waals surface area contributed by atoms with Gasteiger partial charge in [0, 0.05) is 0 Å². The monoisotopic (exact) mass is 316 g/mol. The molecule has 2 aromatic carbocycles. The number of carboxylic acids is 1. The molecule has 0 spiro atoms. The molecular weight excluding hydrogens is 304 g/mol. The molecule has 0 radical (unpaired) electrons. The van der Waals surface area contributed by atoms with Gasteiger partial charge in [0.15, 0.2) is 5.58 Å². The van der Waals surface area contributed by atoms with Crippen LogP contribution in [-0.2, 0) is 0 Å². The second kappa shape index (κ2) is 5.38. The maximum absolute atomic E-state index is 12.7. The zero-order valence-corrected chi connectivity index (χ0v) is 12.7. The summed E-state index contributed by atoms with van der Waals surface area (Å²) in [6.45, 7) is 0. The van der Waals surface area contributed by atoms with Gasteiger partial charge < -0.3 is 14.3 Å². The van der Waals surface area contributed by atoms with Crippen LogP contribution in [0.15, 0.2) is 44.4 Å². The lowest BCUT2D eigenvalue weighted by Crippen LogP contribution is -2.05. The molecule has 0 aliphatic rings. The highest BCUT2D eigenvalue weighted by Gasteiger charge is 2.14. The Hall–Kier alpha value is -2.47. The van der Waals surface area contributed by atoms with E-state index in [0.29, 0.717) is 22.3 Å². The van der Waals surface area contributed by atoms with Gasteiger partial charge in [-0.1, -0.05) is 0 Å². The minimum atomic E-state index is -1.09. The van der Waals surface area contributed by atoms with Crippen LogP contribution in [-0.4, -0.2) is 24.4 Å². The number of methoxy groups -OCH3 is 1. The predicted octanol–water partition coefficient (Wildman–Crippen LogP) is 3.37. The van der Waals surface area contributed by atoms with Gasteiger partial charge in [0.2, 0.25) is 5.43 Å². The van der Waals surface area contributed by atoms with Crippen molar-refractivity contribution in [3.8, 4) is 5.75 Å². The van der Waals surface area contributed by atoms with E-state index >= 15 is 0 Å². The van der Waals surface area contributed by atoms with E-state index in [2.05, 4.69) is 0 Å². The van der Waals surface area contributed by atoms with Gasteiger partial charge in [0.05, 0.1) is 28.3 Å². The summed E-state index contributed by atoms with van der Waals surface area (Å²) in [7, 11) is 1.52. The van der Waals surface area contributed by atoms with Crippen molar-refractivity contribution in [2.45, 2.75) is 4.90 Å². The molecule has 0 amide bonds. The second-order valence-corrected chi connectivity index (χ2v) is 5.50. The summed E-state index contributed by atoms with van der Waals surface area (Å²) in [5, 5.41) is 9.67. The molecule has 0 aliphatic heterocycles. The molecule has 0 unspecified atom stereocenters. The van der Waals surface area contributed by atoms with Crippen LogP contribution in [0, 0.1) is 0 Å². The summed E-state index contributed by atoms with van der Waals surface area (Å²) in [6.07, 6.45) is 1.88. The summed E-state index contributed by atoms with van der Waals surface area (Å²) >= 11 is 1.45. The number of aromatic carboxylic acids is 1. The van der Waals surface area contributed by atoms with E-state index in [0.717, 1.165) is 4.90 Å². The molecule has 6 heteroatoms. The van der Waals surface area contributed by atoms with Crippen molar-refractivity contribution >= 4 is 39.7 Å². The maximum atomic E-state index is 12.7. The van der Waals surface area contributed by atoms with E-state index in [1.807, 2.05) is 6.26 Å². The molecule has 3 rings (SSSR count). The third-order valence-electron chi connectivity index (χ3n) is 3.41. The molecule has 0 fully saturated rings. The van der Waals surface area contributed by atoms with Gasteiger partial charge in [-0.2, -0.15) is 0 Å². The minimum Gasteiger partial charge on any atom is -0.497 e. The van der Waals surface area contributed by atoms with Crippen molar-refractivity contribution < 1.29 is 19.1 Å². The third kappa shape index (κ3) is 2.21. The molecule has 0 saturated heterocycles. The molecule has 0 saturated carbocycles. The summed E-state index contributed by atoms with van der Waals surface area (Å²) < 4.78 is 11.0. The number of rotatable bonds is 3. The molecular formula is C16H12O5S. The number of benzene rings is 2. The molecule has 0 aliphatic carbocycles. The van der Waals surface area contributed by atoms with Gasteiger partial charge in [-0.3, -0.25) is 4.79 Å². The quantitative estimate of drug-likeness (QED) is 0.589. The number of hydrogen-bond acceptors (Lipinski definition) is 5. The smallest absolute Gasteiger partial charge is 0.335 e. The van der Waals surface area contributed by atoms with Crippen molar-refractivity contribution in [2.75, 3.05) is 13.4 Å². The first kappa shape index (κ1) is 14.5. The highest BCUT2D eigenvalue weighted by molar-refractivity contribution is 7.98. The number of fused-ring (bicyclic) bond motifs is 2. The summed E-state index contributed by atoms with van der Waals surface area (Å²) in [4.78, 5) is 24.5. The van der Waals surface area contributed by atoms with Crippen LogP contribution in [0.2, 0.25) is 0 Å². The van der Waals surface area contributed by atoms with Crippen molar-refractivity contribution in [1.29, 1.82) is 0 Å². The Morgan fingerprint density at radius 2 is 2.00 bits per heavy atom. The van der Waals surface area contributed by atoms with Crippen LogP contribution >= 0.6 is 11.8 Å². The average molecular weight is 316 g/mol. The van der Waals surface area contributed by atoms with Crippen molar-refractivity contribution in [1.82, 2.24) is 0 Å². The first-order chi connectivity index (χ1) is 10.5. The Kier molecular flexibility index (Phi) is 3.54. The Labute approximate surface area is 129 Å². The Morgan fingerprint density at radius 3 is 2.64 bits per heavy atom. The number of ether oxygens (including phenoxy) is 1. The fourth-order valence-electron chi connectivity index (χ4n) is 2.30. The minimum absolute atomic E-state index is 0.0483. The van der Waals surface area contributed by atoms with Crippen LogP contribution in [0.4, 0.5) is 0 Å². The van der Waals surface area contributed by atoms with Gasteiger partial charge in [-0.15, -0.1) is 11.8 Å². The van der Waals surface area contributed by atoms with Crippen molar-refractivity contribution in [2.24, 2.45) is 0 Å². The van der Waals surface area contributed by atoms with Gasteiger partial charge in [0.25, 0.3) is 0 Å². The van der Waals surface area contributed by atoms with Crippen LogP contribution in [0.5, 0.6) is 5.75 Å². The molecule has 0 bridgehead atoms. The lowest BCUT2D eigenvalue weighted by atomic mass is 10.1. The summed E-state index contributed by atoms with van der Waals surface area (Å²) in [5.41, 5.74) is 0.623. The zero-order valence-electron chi connectivity index (χ0n) is 11.9. The van der Waals surface area contributed by atoms with E-state index < -0.39 is 5.97 Å². The molecule has 112 valence electrons. The molecule has 1 heterocycles. The van der Waals surface area contributed by atoms with E-state index in [1.54, 1.807) is 12.1 Å². The lowest BCUT2D eigenvalue weighted by Gasteiger charge is -2.08. The van der Waals surface area contributed by atoms with Gasteiger partial charge in [-0.25, -0.2) is 4.79 Å². The predicted molar refractivity (Wildman–Crippen MR) is 85.3 cm³/mol. The first-order valence-corrected chi connectivity index (χ1v) is 7.63. The van der Waals surface area contributed by atoms with E-state index in [4.69, 9.17) is 14.3 Å². The number of thioether (sulfide) groups is 1. The standard InChI is InChI=1S/C16H12O5S/c1-20-9-6-11-14(17)10-5-8(16(18)19)3-4-12(10)21-15(11)13(7-9)22-2/h3-7H,1-2H3,(H,18,19). The molecule has 1 aromatic heterocycles. The first-order valence-electron chi connectivity index (χ1n) is 6.41. The molecule has 3 aromatic rings. The average Bonchev–Trinajstić information content (AvgIpc) is 2.54. The lowest BCUT2D eigenvalue weighted by molar-refractivity contribution is 0.0697. The largest absolute Gasteiger partial charge is 0.497 e. The van der Waals surface area contributed by atoms with E-state index in [-0.39, 0.29) is 16.4 Å². The summed E-state index contributed by atoms with van der Waals surface area (Å²) in [6, 6.07) is 7.66. The highest BCUT2D eigenvalue weighted by Crippen LogP contribution is 2.32. The SMILES string of the molecule is COc1cc(SC)c2oc3ccc(C(=O)O)cc3c(=O)c2c1. The Morgan fingerprint density at radius 1 is 1.23 bits per heavy atom. The van der Waals surface area contributed by atoms with Crippen LogP contribution in [0.1, 0.15) is 10.4 Å². The number of hydrogen-bond donors (Lipinski definition) is 1. The van der Waals surface area contributed by atoms with Crippen molar-refractivity contribution in [3.63, 3.8) is 0 Å². The second-order valence-electron chi connectivity index (χ2n) is 4.65. The van der Waals surface area contributed by atoms with Gasteiger partial charge >= 0.3 is 5.97 Å². The number of carbonyl (C=O) groups is 1. The maximum Gasteiger partial charge on any atom is 0.335 e. The molecule has 5 nitrogen and oxygen atoms in total. The molecule has 22 heavy (non-hydrogen) atoms. The molecule has 0 atom stereocenters. The van der Waals surface area contributed by atoms with Gasteiger partial charge in [0.1, 0.15) is 11.3 Å². The third-order valence-corrected chi connectivity index (χ3v) is 4.15. The Balaban J connectivity index is 2.46. The highest BCUT2D eigenvalue weighted by atomic mass is 32.2.